The lowest BCUT2D eigenvalue weighted by atomic mass is 10.1. The molecule has 0 fully saturated rings. The smallest absolute Gasteiger partial charge is 0.152 e. The minimum absolute atomic E-state index is 0.245. The molecule has 2 aromatic heterocycles. The van der Waals surface area contributed by atoms with Crippen molar-refractivity contribution in [2.75, 3.05) is 0 Å². The topological polar surface area (TPSA) is 58.6 Å². The van der Waals surface area contributed by atoms with Crippen LogP contribution in [0, 0.1) is 5.82 Å². The van der Waals surface area contributed by atoms with Gasteiger partial charge < -0.3 is 4.98 Å². The molecule has 3 aromatic rings. The van der Waals surface area contributed by atoms with Crippen LogP contribution in [0.3, 0.4) is 0 Å². The van der Waals surface area contributed by atoms with E-state index < -0.39 is 0 Å². The van der Waals surface area contributed by atoms with Gasteiger partial charge in [-0.15, -0.1) is 0 Å². The molecule has 20 heavy (non-hydrogen) atoms. The molecule has 1 N–H and O–H groups in total. The van der Waals surface area contributed by atoms with Gasteiger partial charge in [-0.3, -0.25) is 4.79 Å². The van der Waals surface area contributed by atoms with Crippen LogP contribution < -0.4 is 0 Å². The summed E-state index contributed by atoms with van der Waals surface area (Å²) in [4.78, 5) is 22.3. The van der Waals surface area contributed by atoms with Gasteiger partial charge in [0.15, 0.2) is 6.29 Å². The predicted octanol–water partition coefficient (Wildman–Crippen LogP) is 2.69. The highest BCUT2D eigenvalue weighted by Gasteiger charge is 2.10. The monoisotopic (exact) mass is 269 g/mol. The van der Waals surface area contributed by atoms with Crippen molar-refractivity contribution >= 4 is 17.3 Å². The number of hydrogen-bond acceptors (Lipinski definition) is 3. The quantitative estimate of drug-likeness (QED) is 0.741. The molecule has 0 aliphatic carbocycles. The van der Waals surface area contributed by atoms with Crippen LogP contribution in [0.4, 0.5) is 4.39 Å². The predicted molar refractivity (Wildman–Crippen MR) is 73.1 cm³/mol. The highest BCUT2D eigenvalue weighted by Crippen LogP contribution is 2.19. The summed E-state index contributed by atoms with van der Waals surface area (Å²) in [5.41, 5.74) is 2.90. The Labute approximate surface area is 114 Å². The highest BCUT2D eigenvalue weighted by atomic mass is 19.1. The van der Waals surface area contributed by atoms with Crippen LogP contribution in [0.15, 0.2) is 36.8 Å². The van der Waals surface area contributed by atoms with Crippen LogP contribution in [0.1, 0.15) is 21.6 Å². The Bertz CT molecular complexity index is 767. The molecule has 0 radical (unpaired) electrons. The van der Waals surface area contributed by atoms with Gasteiger partial charge in [0.25, 0.3) is 0 Å². The van der Waals surface area contributed by atoms with Crippen LogP contribution in [0.2, 0.25) is 0 Å². The number of rotatable bonds is 4. The summed E-state index contributed by atoms with van der Waals surface area (Å²) in [7, 11) is 0. The summed E-state index contributed by atoms with van der Waals surface area (Å²) >= 11 is 0. The van der Waals surface area contributed by atoms with Gasteiger partial charge in [0, 0.05) is 11.8 Å². The van der Waals surface area contributed by atoms with E-state index in [4.69, 9.17) is 0 Å². The summed E-state index contributed by atoms with van der Waals surface area (Å²) in [5, 5.41) is 0.749. The Morgan fingerprint density at radius 1 is 1.25 bits per heavy atom. The molecule has 0 unspecified atom stereocenters. The number of carbonyl (C=O) groups excluding carboxylic acids is 1. The molecule has 1 aromatic carbocycles. The van der Waals surface area contributed by atoms with Gasteiger partial charge >= 0.3 is 0 Å². The fraction of sp³-hybridized carbons (Fsp3) is 0.133. The first-order valence-corrected chi connectivity index (χ1v) is 6.28. The largest absolute Gasteiger partial charge is 0.345 e. The fourth-order valence-electron chi connectivity index (χ4n) is 2.29. The lowest BCUT2D eigenvalue weighted by Crippen LogP contribution is -1.98. The summed E-state index contributed by atoms with van der Waals surface area (Å²) in [6.07, 6.45) is 5.16. The molecule has 100 valence electrons. The number of halogens is 1. The highest BCUT2D eigenvalue weighted by molar-refractivity contribution is 5.96. The van der Waals surface area contributed by atoms with E-state index in [0.29, 0.717) is 24.1 Å². The van der Waals surface area contributed by atoms with Crippen molar-refractivity contribution in [3.63, 3.8) is 0 Å². The van der Waals surface area contributed by atoms with Crippen LogP contribution in [0.5, 0.6) is 0 Å². The molecule has 4 nitrogen and oxygen atoms in total. The van der Waals surface area contributed by atoms with Gasteiger partial charge in [-0.1, -0.05) is 12.1 Å². The minimum Gasteiger partial charge on any atom is -0.345 e. The number of aryl methyl sites for hydroxylation is 2. The number of aldehydes is 1. The maximum atomic E-state index is 13.1. The van der Waals surface area contributed by atoms with E-state index in [1.807, 2.05) is 6.07 Å². The van der Waals surface area contributed by atoms with Gasteiger partial charge in [0.05, 0.1) is 11.1 Å². The van der Waals surface area contributed by atoms with E-state index in [-0.39, 0.29) is 5.82 Å². The first-order chi connectivity index (χ1) is 9.78. The van der Waals surface area contributed by atoms with Crippen molar-refractivity contribution in [3.8, 4) is 0 Å². The maximum absolute atomic E-state index is 13.1. The third-order valence-electron chi connectivity index (χ3n) is 3.25. The van der Waals surface area contributed by atoms with Crippen molar-refractivity contribution in [3.05, 3.63) is 59.4 Å². The van der Waals surface area contributed by atoms with Crippen LogP contribution >= 0.6 is 0 Å². The van der Waals surface area contributed by atoms with Gasteiger partial charge in [0.1, 0.15) is 17.8 Å². The Hall–Kier alpha value is -2.56. The number of benzene rings is 1. The molecule has 0 saturated heterocycles. The average Bonchev–Trinajstić information content (AvgIpc) is 2.89. The zero-order chi connectivity index (χ0) is 13.9. The van der Waals surface area contributed by atoms with E-state index >= 15 is 0 Å². The molecule has 0 aliphatic rings. The molecule has 0 spiro atoms. The molecule has 5 heteroatoms. The third kappa shape index (κ3) is 2.30. The molecule has 0 amide bonds. The summed E-state index contributed by atoms with van der Waals surface area (Å²) < 4.78 is 13.1. The molecule has 0 saturated carbocycles. The second-order valence-corrected chi connectivity index (χ2v) is 4.54. The van der Waals surface area contributed by atoms with Crippen molar-refractivity contribution in [1.82, 2.24) is 15.0 Å². The van der Waals surface area contributed by atoms with Crippen molar-refractivity contribution in [1.29, 1.82) is 0 Å². The van der Waals surface area contributed by atoms with Crippen LogP contribution in [-0.4, -0.2) is 21.2 Å². The van der Waals surface area contributed by atoms with E-state index in [1.165, 1.54) is 18.5 Å². The number of fused-ring (bicyclic) bond motifs is 1. The fourth-order valence-corrected chi connectivity index (χ4v) is 2.29. The van der Waals surface area contributed by atoms with E-state index in [9.17, 15) is 9.18 Å². The lowest BCUT2D eigenvalue weighted by Gasteiger charge is -2.03. The Morgan fingerprint density at radius 3 is 2.95 bits per heavy atom. The summed E-state index contributed by atoms with van der Waals surface area (Å²) in [6.45, 7) is 0. The molecular formula is C15H12FN3O. The third-order valence-corrected chi connectivity index (χ3v) is 3.25. The summed E-state index contributed by atoms with van der Waals surface area (Å²) in [6, 6.07) is 6.49. The molecule has 2 heterocycles. The number of aromatic nitrogens is 3. The Balaban J connectivity index is 1.91. The number of H-pyrrole nitrogens is 1. The molecule has 0 bridgehead atoms. The number of aromatic amines is 1. The average molecular weight is 269 g/mol. The normalized spacial score (nSPS) is 10.8. The van der Waals surface area contributed by atoms with Gasteiger partial charge in [0.2, 0.25) is 0 Å². The van der Waals surface area contributed by atoms with E-state index in [0.717, 1.165) is 22.9 Å². The van der Waals surface area contributed by atoms with E-state index in [1.54, 1.807) is 12.3 Å². The number of nitrogens with one attached hydrogen (secondary N) is 1. The molecule has 3 rings (SSSR count). The first-order valence-electron chi connectivity index (χ1n) is 6.28. The van der Waals surface area contributed by atoms with Gasteiger partial charge in [-0.05, 0) is 30.5 Å². The van der Waals surface area contributed by atoms with Crippen molar-refractivity contribution in [2.24, 2.45) is 0 Å². The minimum atomic E-state index is -0.245. The molecule has 0 atom stereocenters. The molecule has 0 aliphatic heterocycles. The Kier molecular flexibility index (Phi) is 3.25. The first kappa shape index (κ1) is 12.5. The summed E-state index contributed by atoms with van der Waals surface area (Å²) in [5.74, 6) is -0.245. The molecular weight excluding hydrogens is 257 g/mol. The van der Waals surface area contributed by atoms with Crippen molar-refractivity contribution < 1.29 is 9.18 Å². The Morgan fingerprint density at radius 2 is 2.15 bits per heavy atom. The lowest BCUT2D eigenvalue weighted by molar-refractivity contribution is 0.112. The zero-order valence-electron chi connectivity index (χ0n) is 10.6. The maximum Gasteiger partial charge on any atom is 0.152 e. The van der Waals surface area contributed by atoms with Gasteiger partial charge in [-0.2, -0.15) is 0 Å². The second-order valence-electron chi connectivity index (χ2n) is 4.54. The number of nitrogens with zero attached hydrogens (tertiary/aromatic N) is 2. The number of carbonyl (C=O) groups is 1. The SMILES string of the molecule is O=Cc1c[nH]c2ncnc(CCc3cccc(F)c3)c12. The van der Waals surface area contributed by atoms with E-state index in [2.05, 4.69) is 15.0 Å². The van der Waals surface area contributed by atoms with Gasteiger partial charge in [-0.25, -0.2) is 14.4 Å². The zero-order valence-corrected chi connectivity index (χ0v) is 10.6. The van der Waals surface area contributed by atoms with Crippen LogP contribution in [-0.2, 0) is 12.8 Å². The number of hydrogen-bond donors (Lipinski definition) is 1. The van der Waals surface area contributed by atoms with Crippen molar-refractivity contribution in [2.45, 2.75) is 12.8 Å². The van der Waals surface area contributed by atoms with Crippen LogP contribution in [0.25, 0.3) is 11.0 Å². The second kappa shape index (κ2) is 5.21. The standard InChI is InChI=1S/C15H12FN3O/c16-12-3-1-2-10(6-12)4-5-13-14-11(8-20)7-17-15(14)19-9-18-13/h1-3,6-9H,4-5H2,(H,17,18,19).